The van der Waals surface area contributed by atoms with E-state index in [9.17, 15) is 0 Å². The molecule has 0 radical (unpaired) electrons. The molecule has 6 heteroatoms. The van der Waals surface area contributed by atoms with Gasteiger partial charge in [0.25, 0.3) is 0 Å². The molecule has 118 valence electrons. The molecule has 1 aliphatic heterocycles. The van der Waals surface area contributed by atoms with E-state index in [1.807, 2.05) is 18.5 Å². The first-order valence-electron chi connectivity index (χ1n) is 7.83. The maximum Gasteiger partial charge on any atom is 0.202 e. The van der Waals surface area contributed by atoms with E-state index in [0.29, 0.717) is 17.9 Å². The van der Waals surface area contributed by atoms with Crippen molar-refractivity contribution in [1.29, 1.82) is 0 Å². The van der Waals surface area contributed by atoms with E-state index in [2.05, 4.69) is 51.5 Å². The van der Waals surface area contributed by atoms with E-state index in [1.54, 1.807) is 0 Å². The number of pyridine rings is 1. The molecule has 5 nitrogen and oxygen atoms in total. The standard InChI is InChI=1S/C16H23N5S/c1-11(2)15-19-16(22-20-15)18-10-13-6-8-21(3)14(13)12-5-4-7-17-9-12/h4-5,7,9,11,13-14H,6,8,10H2,1-3H3,(H,18,19,20)/t13-,14-/m0/s1. The van der Waals surface area contributed by atoms with Gasteiger partial charge in [-0.25, -0.2) is 4.98 Å². The van der Waals surface area contributed by atoms with E-state index >= 15 is 0 Å². The Bertz CT molecular complexity index is 598. The molecule has 22 heavy (non-hydrogen) atoms. The van der Waals surface area contributed by atoms with Crippen LogP contribution in [0.25, 0.3) is 0 Å². The predicted molar refractivity (Wildman–Crippen MR) is 90.2 cm³/mol. The molecule has 2 aromatic rings. The molecule has 1 aliphatic rings. The smallest absolute Gasteiger partial charge is 0.202 e. The van der Waals surface area contributed by atoms with Gasteiger partial charge in [0.05, 0.1) is 0 Å². The van der Waals surface area contributed by atoms with Gasteiger partial charge >= 0.3 is 0 Å². The van der Waals surface area contributed by atoms with Crippen molar-refractivity contribution in [2.24, 2.45) is 5.92 Å². The summed E-state index contributed by atoms with van der Waals surface area (Å²) in [6, 6.07) is 4.62. The number of nitrogens with one attached hydrogen (secondary N) is 1. The lowest BCUT2D eigenvalue weighted by molar-refractivity contribution is 0.281. The van der Waals surface area contributed by atoms with Crippen LogP contribution >= 0.6 is 11.5 Å². The molecule has 0 aromatic carbocycles. The highest BCUT2D eigenvalue weighted by molar-refractivity contribution is 7.09. The molecule has 0 unspecified atom stereocenters. The normalized spacial score (nSPS) is 22.4. The van der Waals surface area contributed by atoms with Crippen LogP contribution in [0, 0.1) is 5.92 Å². The SMILES string of the molecule is CC(C)c1nsc(NC[C@@H]2CCN(C)[C@H]2c2cccnc2)n1. The van der Waals surface area contributed by atoms with Gasteiger partial charge in [-0.2, -0.15) is 4.37 Å². The van der Waals surface area contributed by atoms with Gasteiger partial charge in [-0.1, -0.05) is 19.9 Å². The third-order valence-corrected chi connectivity index (χ3v) is 4.96. The van der Waals surface area contributed by atoms with Crippen LogP contribution in [0.4, 0.5) is 5.13 Å². The topological polar surface area (TPSA) is 53.9 Å². The minimum Gasteiger partial charge on any atom is -0.360 e. The van der Waals surface area contributed by atoms with Gasteiger partial charge < -0.3 is 5.32 Å². The molecule has 2 atom stereocenters. The van der Waals surface area contributed by atoms with E-state index < -0.39 is 0 Å². The number of hydrogen-bond donors (Lipinski definition) is 1. The Hall–Kier alpha value is -1.53. The number of anilines is 1. The van der Waals surface area contributed by atoms with Crippen LogP contribution in [0.3, 0.4) is 0 Å². The summed E-state index contributed by atoms with van der Waals surface area (Å²) in [5.74, 6) is 1.88. The number of hydrogen-bond acceptors (Lipinski definition) is 6. The highest BCUT2D eigenvalue weighted by Crippen LogP contribution is 2.35. The number of likely N-dealkylation sites (tertiary alicyclic amines) is 1. The van der Waals surface area contributed by atoms with Crippen molar-refractivity contribution in [2.75, 3.05) is 25.5 Å². The molecule has 0 aliphatic carbocycles. The molecule has 1 N–H and O–H groups in total. The molecule has 1 fully saturated rings. The zero-order valence-corrected chi connectivity index (χ0v) is 14.2. The molecule has 3 rings (SSSR count). The van der Waals surface area contributed by atoms with Crippen molar-refractivity contribution in [3.8, 4) is 0 Å². The molecule has 1 saturated heterocycles. The third-order valence-electron chi connectivity index (χ3n) is 4.27. The first-order chi connectivity index (χ1) is 10.6. The Morgan fingerprint density at radius 3 is 3.00 bits per heavy atom. The first kappa shape index (κ1) is 15.4. The quantitative estimate of drug-likeness (QED) is 0.918. The van der Waals surface area contributed by atoms with Gasteiger partial charge in [0.2, 0.25) is 5.13 Å². The van der Waals surface area contributed by atoms with Crippen LogP contribution in [0.5, 0.6) is 0 Å². The summed E-state index contributed by atoms with van der Waals surface area (Å²) in [6.45, 7) is 6.29. The largest absolute Gasteiger partial charge is 0.360 e. The third kappa shape index (κ3) is 3.28. The number of nitrogens with zero attached hydrogens (tertiary/aromatic N) is 4. The van der Waals surface area contributed by atoms with Gasteiger partial charge in [-0.05, 0) is 37.6 Å². The summed E-state index contributed by atoms with van der Waals surface area (Å²) in [5.41, 5.74) is 1.30. The Morgan fingerprint density at radius 2 is 2.32 bits per heavy atom. The maximum atomic E-state index is 4.56. The Kier molecular flexibility index (Phi) is 4.69. The monoisotopic (exact) mass is 317 g/mol. The van der Waals surface area contributed by atoms with Crippen LogP contribution in [0.1, 0.15) is 43.6 Å². The average Bonchev–Trinajstić information content (AvgIpc) is 3.13. The van der Waals surface area contributed by atoms with Crippen molar-refractivity contribution in [3.63, 3.8) is 0 Å². The van der Waals surface area contributed by atoms with Crippen molar-refractivity contribution < 1.29 is 0 Å². The van der Waals surface area contributed by atoms with E-state index in [-0.39, 0.29) is 0 Å². The highest BCUT2D eigenvalue weighted by Gasteiger charge is 2.33. The fourth-order valence-corrected chi connectivity index (χ4v) is 3.79. The van der Waals surface area contributed by atoms with Crippen LogP contribution in [-0.2, 0) is 0 Å². The van der Waals surface area contributed by atoms with E-state index in [1.165, 1.54) is 23.5 Å². The average molecular weight is 317 g/mol. The molecule has 0 bridgehead atoms. The van der Waals surface area contributed by atoms with Crippen LogP contribution in [0.2, 0.25) is 0 Å². The summed E-state index contributed by atoms with van der Waals surface area (Å²) in [6.07, 6.45) is 5.01. The van der Waals surface area contributed by atoms with Crippen molar-refractivity contribution in [1.82, 2.24) is 19.2 Å². The summed E-state index contributed by atoms with van der Waals surface area (Å²) in [4.78, 5) is 11.2. The number of rotatable bonds is 5. The molecule has 3 heterocycles. The Morgan fingerprint density at radius 1 is 1.45 bits per heavy atom. The van der Waals surface area contributed by atoms with Crippen LogP contribution < -0.4 is 5.32 Å². The first-order valence-corrected chi connectivity index (χ1v) is 8.60. The van der Waals surface area contributed by atoms with Crippen LogP contribution in [0.15, 0.2) is 24.5 Å². The summed E-state index contributed by atoms with van der Waals surface area (Å²) < 4.78 is 4.40. The lowest BCUT2D eigenvalue weighted by atomic mass is 9.95. The molecular formula is C16H23N5S. The zero-order chi connectivity index (χ0) is 15.5. The van der Waals surface area contributed by atoms with Gasteiger partial charge in [0.15, 0.2) is 0 Å². The van der Waals surface area contributed by atoms with Crippen molar-refractivity contribution >= 4 is 16.7 Å². The minimum absolute atomic E-state index is 0.382. The van der Waals surface area contributed by atoms with Crippen molar-refractivity contribution in [3.05, 3.63) is 35.9 Å². The van der Waals surface area contributed by atoms with Gasteiger partial charge in [-0.15, -0.1) is 0 Å². The Labute approximate surface area is 136 Å². The minimum atomic E-state index is 0.382. The lowest BCUT2D eigenvalue weighted by Gasteiger charge is -2.25. The molecule has 2 aromatic heterocycles. The second-order valence-corrected chi connectivity index (χ2v) is 7.01. The molecule has 0 saturated carbocycles. The highest BCUT2D eigenvalue weighted by atomic mass is 32.1. The second kappa shape index (κ2) is 6.71. The second-order valence-electron chi connectivity index (χ2n) is 6.25. The van der Waals surface area contributed by atoms with Crippen LogP contribution in [-0.4, -0.2) is 39.4 Å². The number of aromatic nitrogens is 3. The van der Waals surface area contributed by atoms with E-state index in [0.717, 1.165) is 24.0 Å². The van der Waals surface area contributed by atoms with E-state index in [4.69, 9.17) is 0 Å². The lowest BCUT2D eigenvalue weighted by Crippen LogP contribution is -2.25. The molecule has 0 amide bonds. The van der Waals surface area contributed by atoms with Gasteiger partial charge in [0.1, 0.15) is 5.82 Å². The fraction of sp³-hybridized carbons (Fsp3) is 0.562. The summed E-state index contributed by atoms with van der Waals surface area (Å²) in [7, 11) is 2.19. The van der Waals surface area contributed by atoms with Gasteiger partial charge in [0, 0.05) is 42.4 Å². The van der Waals surface area contributed by atoms with Crippen molar-refractivity contribution in [2.45, 2.75) is 32.2 Å². The fourth-order valence-electron chi connectivity index (χ4n) is 3.08. The van der Waals surface area contributed by atoms with Gasteiger partial charge in [-0.3, -0.25) is 9.88 Å². The molecular weight excluding hydrogens is 294 g/mol. The maximum absolute atomic E-state index is 4.56. The Balaban J connectivity index is 1.66. The summed E-state index contributed by atoms with van der Waals surface area (Å²) in [5, 5.41) is 4.41. The predicted octanol–water partition coefficient (Wildman–Crippen LogP) is 3.16. The summed E-state index contributed by atoms with van der Waals surface area (Å²) >= 11 is 1.46. The molecule has 0 spiro atoms. The zero-order valence-electron chi connectivity index (χ0n) is 13.4.